The van der Waals surface area contributed by atoms with Crippen LogP contribution in [-0.2, 0) is 0 Å². The molecule has 80 valence electrons. The SMILES string of the molecule is CC[C@H](F)C(F)(F)CCC(F)(F)F. The number of hydrogen-bond acceptors (Lipinski definition) is 0. The average molecular weight is 208 g/mol. The van der Waals surface area contributed by atoms with Gasteiger partial charge in [-0.15, -0.1) is 0 Å². The molecule has 0 bridgehead atoms. The molecule has 0 aromatic rings. The van der Waals surface area contributed by atoms with Gasteiger partial charge in [-0.3, -0.25) is 0 Å². The summed E-state index contributed by atoms with van der Waals surface area (Å²) in [5.74, 6) is -3.87. The standard InChI is InChI=1S/C7H10F6/c1-2-5(8)6(9,10)3-4-7(11,12)13/h5H,2-4H2,1H3/t5-/m0/s1. The highest BCUT2D eigenvalue weighted by Gasteiger charge is 2.42. The van der Waals surface area contributed by atoms with E-state index in [0.717, 1.165) is 6.92 Å². The minimum atomic E-state index is -4.66. The van der Waals surface area contributed by atoms with Gasteiger partial charge in [-0.1, -0.05) is 6.92 Å². The van der Waals surface area contributed by atoms with Gasteiger partial charge < -0.3 is 0 Å². The zero-order chi connectivity index (χ0) is 10.7. The largest absolute Gasteiger partial charge is 0.389 e. The van der Waals surface area contributed by atoms with Crippen LogP contribution in [0.5, 0.6) is 0 Å². The van der Waals surface area contributed by atoms with Gasteiger partial charge in [0.2, 0.25) is 0 Å². The highest BCUT2D eigenvalue weighted by Crippen LogP contribution is 2.33. The quantitative estimate of drug-likeness (QED) is 0.618. The summed E-state index contributed by atoms with van der Waals surface area (Å²) >= 11 is 0. The molecular weight excluding hydrogens is 198 g/mol. The first-order valence-electron chi connectivity index (χ1n) is 3.77. The third-order valence-corrected chi connectivity index (χ3v) is 1.56. The topological polar surface area (TPSA) is 0 Å². The second kappa shape index (κ2) is 4.19. The zero-order valence-corrected chi connectivity index (χ0v) is 6.97. The summed E-state index contributed by atoms with van der Waals surface area (Å²) in [6.45, 7) is 1.16. The Morgan fingerprint density at radius 1 is 1.00 bits per heavy atom. The maximum absolute atomic E-state index is 12.5. The highest BCUT2D eigenvalue weighted by molar-refractivity contribution is 4.76. The van der Waals surface area contributed by atoms with E-state index in [-0.39, 0.29) is 0 Å². The molecule has 0 aliphatic carbocycles. The Balaban J connectivity index is 4.03. The summed E-state index contributed by atoms with van der Waals surface area (Å²) in [7, 11) is 0. The van der Waals surface area contributed by atoms with E-state index in [9.17, 15) is 26.3 Å². The third kappa shape index (κ3) is 5.00. The molecule has 1 atom stereocenters. The Labute approximate surface area is 71.9 Å². The van der Waals surface area contributed by atoms with E-state index in [2.05, 4.69) is 0 Å². The van der Waals surface area contributed by atoms with Crippen molar-refractivity contribution in [2.24, 2.45) is 0 Å². The lowest BCUT2D eigenvalue weighted by molar-refractivity contribution is -0.161. The van der Waals surface area contributed by atoms with Crippen LogP contribution in [0, 0.1) is 0 Å². The lowest BCUT2D eigenvalue weighted by atomic mass is 10.1. The molecule has 0 aliphatic heterocycles. The molecule has 13 heavy (non-hydrogen) atoms. The van der Waals surface area contributed by atoms with Crippen LogP contribution in [0.2, 0.25) is 0 Å². The van der Waals surface area contributed by atoms with Gasteiger partial charge in [0.25, 0.3) is 5.92 Å². The van der Waals surface area contributed by atoms with Crippen molar-refractivity contribution in [3.63, 3.8) is 0 Å². The van der Waals surface area contributed by atoms with Crippen LogP contribution < -0.4 is 0 Å². The Morgan fingerprint density at radius 2 is 1.46 bits per heavy atom. The van der Waals surface area contributed by atoms with Crippen LogP contribution in [-0.4, -0.2) is 18.3 Å². The van der Waals surface area contributed by atoms with Crippen molar-refractivity contribution in [3.8, 4) is 0 Å². The number of alkyl halides is 6. The molecule has 0 saturated carbocycles. The predicted octanol–water partition coefficient (Wildman–Crippen LogP) is 3.71. The summed E-state index contributed by atoms with van der Waals surface area (Å²) < 4.78 is 71.8. The summed E-state index contributed by atoms with van der Waals surface area (Å²) in [6, 6.07) is 0. The second-order valence-electron chi connectivity index (χ2n) is 2.75. The van der Waals surface area contributed by atoms with E-state index in [1.807, 2.05) is 0 Å². The molecule has 0 aromatic carbocycles. The molecule has 0 N–H and O–H groups in total. The van der Waals surface area contributed by atoms with Crippen molar-refractivity contribution < 1.29 is 26.3 Å². The van der Waals surface area contributed by atoms with Gasteiger partial charge in [-0.2, -0.15) is 13.2 Å². The van der Waals surface area contributed by atoms with Crippen molar-refractivity contribution in [2.75, 3.05) is 0 Å². The predicted molar refractivity (Wildman–Crippen MR) is 35.4 cm³/mol. The van der Waals surface area contributed by atoms with Crippen LogP contribution in [0.4, 0.5) is 26.3 Å². The van der Waals surface area contributed by atoms with E-state index in [4.69, 9.17) is 0 Å². The fourth-order valence-electron chi connectivity index (χ4n) is 0.764. The molecule has 0 unspecified atom stereocenters. The molecule has 0 nitrogen and oxygen atoms in total. The van der Waals surface area contributed by atoms with Crippen molar-refractivity contribution in [3.05, 3.63) is 0 Å². The lowest BCUT2D eigenvalue weighted by Crippen LogP contribution is -2.31. The van der Waals surface area contributed by atoms with Gasteiger partial charge in [-0.05, 0) is 6.42 Å². The fourth-order valence-corrected chi connectivity index (χ4v) is 0.764. The molecule has 0 amide bonds. The van der Waals surface area contributed by atoms with Crippen LogP contribution in [0.15, 0.2) is 0 Å². The van der Waals surface area contributed by atoms with Crippen LogP contribution in [0.25, 0.3) is 0 Å². The Morgan fingerprint density at radius 3 is 1.77 bits per heavy atom. The Bertz CT molecular complexity index is 150. The first-order chi connectivity index (χ1) is 5.69. The van der Waals surface area contributed by atoms with Gasteiger partial charge in [0.05, 0.1) is 0 Å². The normalized spacial score (nSPS) is 15.9. The third-order valence-electron chi connectivity index (χ3n) is 1.56. The smallest absolute Gasteiger partial charge is 0.241 e. The average Bonchev–Trinajstić information content (AvgIpc) is 1.98. The minimum Gasteiger partial charge on any atom is -0.241 e. The number of hydrogen-bond donors (Lipinski definition) is 0. The highest BCUT2D eigenvalue weighted by atomic mass is 19.4. The summed E-state index contributed by atoms with van der Waals surface area (Å²) in [4.78, 5) is 0. The molecule has 0 radical (unpaired) electrons. The summed E-state index contributed by atoms with van der Waals surface area (Å²) in [6.07, 6.45) is -10.8. The maximum Gasteiger partial charge on any atom is 0.389 e. The second-order valence-corrected chi connectivity index (χ2v) is 2.75. The van der Waals surface area contributed by atoms with Gasteiger partial charge in [0.15, 0.2) is 6.17 Å². The summed E-state index contributed by atoms with van der Waals surface area (Å²) in [5, 5.41) is 0. The first kappa shape index (κ1) is 12.6. The lowest BCUT2D eigenvalue weighted by Gasteiger charge is -2.19. The molecule has 0 fully saturated rings. The van der Waals surface area contributed by atoms with E-state index >= 15 is 0 Å². The van der Waals surface area contributed by atoms with Crippen molar-refractivity contribution >= 4 is 0 Å². The Kier molecular flexibility index (Phi) is 4.06. The van der Waals surface area contributed by atoms with Gasteiger partial charge in [0, 0.05) is 12.8 Å². The molecular formula is C7H10F6. The minimum absolute atomic E-state index is 0.481. The van der Waals surface area contributed by atoms with Crippen molar-refractivity contribution in [1.29, 1.82) is 0 Å². The van der Waals surface area contributed by atoms with Crippen LogP contribution >= 0.6 is 0 Å². The molecule has 0 aliphatic rings. The fraction of sp³-hybridized carbons (Fsp3) is 1.00. The first-order valence-corrected chi connectivity index (χ1v) is 3.77. The van der Waals surface area contributed by atoms with E-state index in [0.29, 0.717) is 0 Å². The molecule has 0 rings (SSSR count). The van der Waals surface area contributed by atoms with E-state index in [1.54, 1.807) is 0 Å². The van der Waals surface area contributed by atoms with E-state index < -0.39 is 37.5 Å². The van der Waals surface area contributed by atoms with Gasteiger partial charge in [-0.25, -0.2) is 13.2 Å². The van der Waals surface area contributed by atoms with Crippen LogP contribution in [0.1, 0.15) is 26.2 Å². The van der Waals surface area contributed by atoms with Crippen molar-refractivity contribution in [1.82, 2.24) is 0 Å². The monoisotopic (exact) mass is 208 g/mol. The van der Waals surface area contributed by atoms with Crippen molar-refractivity contribution in [2.45, 2.75) is 44.5 Å². The van der Waals surface area contributed by atoms with Gasteiger partial charge in [0.1, 0.15) is 0 Å². The van der Waals surface area contributed by atoms with Gasteiger partial charge >= 0.3 is 6.18 Å². The molecule has 0 aromatic heterocycles. The van der Waals surface area contributed by atoms with Crippen LogP contribution in [0.3, 0.4) is 0 Å². The molecule has 0 spiro atoms. The maximum atomic E-state index is 12.5. The zero-order valence-electron chi connectivity index (χ0n) is 6.97. The number of rotatable bonds is 4. The molecule has 0 heterocycles. The molecule has 6 heteroatoms. The number of halogens is 6. The summed E-state index contributed by atoms with van der Waals surface area (Å²) in [5.41, 5.74) is 0. The molecule has 0 saturated heterocycles. The Hall–Kier alpha value is -0.420. The van der Waals surface area contributed by atoms with E-state index in [1.165, 1.54) is 0 Å².